The molecule has 1 aliphatic heterocycles. The van der Waals surface area contributed by atoms with E-state index in [4.69, 9.17) is 10.5 Å². The number of methoxy groups -OCH3 is 1. The summed E-state index contributed by atoms with van der Waals surface area (Å²) in [6.45, 7) is 4.77. The molecule has 1 fully saturated rings. The van der Waals surface area contributed by atoms with Gasteiger partial charge in [-0.15, -0.1) is 17.5 Å². The van der Waals surface area contributed by atoms with Crippen LogP contribution in [-0.4, -0.2) is 57.8 Å². The molecule has 1 unspecified atom stereocenters. The number of rotatable bonds is 7. The maximum atomic E-state index is 11.5. The van der Waals surface area contributed by atoms with Crippen molar-refractivity contribution in [3.05, 3.63) is 41.2 Å². The van der Waals surface area contributed by atoms with Crippen molar-refractivity contribution in [2.75, 3.05) is 26.8 Å². The van der Waals surface area contributed by atoms with E-state index in [9.17, 15) is 4.79 Å². The number of hydrogen-bond donors (Lipinski definition) is 1. The van der Waals surface area contributed by atoms with Gasteiger partial charge in [0.1, 0.15) is 0 Å². The van der Waals surface area contributed by atoms with E-state index in [-0.39, 0.29) is 30.3 Å². The number of halogens is 1. The van der Waals surface area contributed by atoms with Crippen LogP contribution in [0.1, 0.15) is 35.8 Å². The van der Waals surface area contributed by atoms with Gasteiger partial charge in [-0.3, -0.25) is 9.69 Å². The fourth-order valence-corrected chi connectivity index (χ4v) is 3.46. The molecule has 0 radical (unpaired) electrons. The molecule has 0 bridgehead atoms. The highest BCUT2D eigenvalue weighted by atomic mass is 35.5. The SMILES string of the molecule is COCCn1nnnc1C(c1ccc(C)cc1)N1CCC(C(N)=O)CC1.Cl. The van der Waals surface area contributed by atoms with Crippen molar-refractivity contribution in [3.8, 4) is 0 Å². The van der Waals surface area contributed by atoms with E-state index in [1.54, 1.807) is 11.8 Å². The average molecular weight is 395 g/mol. The number of tetrazole rings is 1. The molecule has 2 N–H and O–H groups in total. The highest BCUT2D eigenvalue weighted by Gasteiger charge is 2.32. The third-order valence-corrected chi connectivity index (χ3v) is 5.00. The minimum atomic E-state index is -0.207. The first-order valence-electron chi connectivity index (χ1n) is 8.95. The second-order valence-corrected chi connectivity index (χ2v) is 6.78. The molecule has 2 heterocycles. The molecular weight excluding hydrogens is 368 g/mol. The number of ether oxygens (including phenoxy) is 1. The van der Waals surface area contributed by atoms with E-state index >= 15 is 0 Å². The van der Waals surface area contributed by atoms with Gasteiger partial charge in [0, 0.05) is 13.0 Å². The summed E-state index contributed by atoms with van der Waals surface area (Å²) in [5, 5.41) is 12.3. The number of nitrogens with two attached hydrogens (primary N) is 1. The van der Waals surface area contributed by atoms with Crippen LogP contribution in [0, 0.1) is 12.8 Å². The molecule has 2 aromatic rings. The van der Waals surface area contributed by atoms with Crippen LogP contribution in [-0.2, 0) is 16.1 Å². The number of benzene rings is 1. The zero-order chi connectivity index (χ0) is 18.5. The highest BCUT2D eigenvalue weighted by molar-refractivity contribution is 5.85. The number of aromatic nitrogens is 4. The summed E-state index contributed by atoms with van der Waals surface area (Å²) >= 11 is 0. The van der Waals surface area contributed by atoms with Crippen molar-refractivity contribution in [3.63, 3.8) is 0 Å². The lowest BCUT2D eigenvalue weighted by molar-refractivity contribution is -0.123. The normalized spacial score (nSPS) is 16.7. The van der Waals surface area contributed by atoms with Gasteiger partial charge in [0.05, 0.1) is 19.2 Å². The Bertz CT molecular complexity index is 728. The zero-order valence-corrected chi connectivity index (χ0v) is 16.6. The Morgan fingerprint density at radius 1 is 1.30 bits per heavy atom. The highest BCUT2D eigenvalue weighted by Crippen LogP contribution is 2.31. The molecule has 1 amide bonds. The van der Waals surface area contributed by atoms with Gasteiger partial charge in [0.2, 0.25) is 5.91 Å². The Morgan fingerprint density at radius 3 is 2.56 bits per heavy atom. The summed E-state index contributed by atoms with van der Waals surface area (Å²) in [7, 11) is 1.66. The number of aryl methyl sites for hydroxylation is 1. The van der Waals surface area contributed by atoms with E-state index in [0.29, 0.717) is 13.2 Å². The van der Waals surface area contributed by atoms with Crippen LogP contribution < -0.4 is 5.73 Å². The van der Waals surface area contributed by atoms with Gasteiger partial charge < -0.3 is 10.5 Å². The first-order chi connectivity index (χ1) is 12.6. The molecule has 1 aromatic heterocycles. The molecule has 1 aromatic carbocycles. The van der Waals surface area contributed by atoms with Crippen molar-refractivity contribution in [1.29, 1.82) is 0 Å². The number of amides is 1. The summed E-state index contributed by atoms with van der Waals surface area (Å²) in [6.07, 6.45) is 1.52. The molecule has 1 saturated heterocycles. The van der Waals surface area contributed by atoms with Crippen LogP contribution in [0.4, 0.5) is 0 Å². The summed E-state index contributed by atoms with van der Waals surface area (Å²) in [5.41, 5.74) is 7.83. The minimum absolute atomic E-state index is 0. The molecule has 9 heteroatoms. The number of primary amides is 1. The zero-order valence-electron chi connectivity index (χ0n) is 15.7. The molecular formula is C18H27ClN6O2. The van der Waals surface area contributed by atoms with Crippen molar-refractivity contribution in [2.24, 2.45) is 11.7 Å². The fourth-order valence-electron chi connectivity index (χ4n) is 3.46. The number of nitrogens with zero attached hydrogens (tertiary/aromatic N) is 5. The van der Waals surface area contributed by atoms with E-state index in [1.807, 2.05) is 0 Å². The lowest BCUT2D eigenvalue weighted by atomic mass is 9.93. The lowest BCUT2D eigenvalue weighted by Gasteiger charge is -2.36. The molecule has 148 valence electrons. The number of piperidine rings is 1. The van der Waals surface area contributed by atoms with Gasteiger partial charge in [0.25, 0.3) is 0 Å². The average Bonchev–Trinajstić information content (AvgIpc) is 3.10. The molecule has 3 rings (SSSR count). The topological polar surface area (TPSA) is 99.2 Å². The smallest absolute Gasteiger partial charge is 0.220 e. The van der Waals surface area contributed by atoms with E-state index in [2.05, 4.69) is 51.6 Å². The summed E-state index contributed by atoms with van der Waals surface area (Å²) < 4.78 is 6.98. The summed E-state index contributed by atoms with van der Waals surface area (Å²) in [4.78, 5) is 13.8. The summed E-state index contributed by atoms with van der Waals surface area (Å²) in [5.74, 6) is 0.541. The number of carbonyl (C=O) groups is 1. The third-order valence-electron chi connectivity index (χ3n) is 5.00. The molecule has 1 aliphatic rings. The van der Waals surface area contributed by atoms with Gasteiger partial charge in [-0.2, -0.15) is 0 Å². The number of likely N-dealkylation sites (tertiary alicyclic amines) is 1. The quantitative estimate of drug-likeness (QED) is 0.760. The van der Waals surface area contributed by atoms with Crippen LogP contribution >= 0.6 is 12.4 Å². The predicted octanol–water partition coefficient (Wildman–Crippen LogP) is 1.34. The van der Waals surface area contributed by atoms with Gasteiger partial charge >= 0.3 is 0 Å². The molecule has 0 spiro atoms. The maximum Gasteiger partial charge on any atom is 0.220 e. The Kier molecular flexibility index (Phi) is 7.70. The van der Waals surface area contributed by atoms with Gasteiger partial charge in [0.15, 0.2) is 5.82 Å². The second kappa shape index (κ2) is 9.77. The van der Waals surface area contributed by atoms with Crippen LogP contribution in [0.5, 0.6) is 0 Å². The van der Waals surface area contributed by atoms with Crippen LogP contribution in [0.15, 0.2) is 24.3 Å². The van der Waals surface area contributed by atoms with E-state index < -0.39 is 0 Å². The largest absolute Gasteiger partial charge is 0.383 e. The minimum Gasteiger partial charge on any atom is -0.383 e. The summed E-state index contributed by atoms with van der Waals surface area (Å²) in [6, 6.07) is 8.38. The molecule has 1 atom stereocenters. The molecule has 0 aliphatic carbocycles. The van der Waals surface area contributed by atoms with Gasteiger partial charge in [-0.05, 0) is 48.8 Å². The third kappa shape index (κ3) is 5.03. The Hall–Kier alpha value is -2.03. The van der Waals surface area contributed by atoms with E-state index in [0.717, 1.165) is 37.3 Å². The lowest BCUT2D eigenvalue weighted by Crippen LogP contribution is -2.41. The number of carbonyl (C=O) groups excluding carboxylic acids is 1. The van der Waals surface area contributed by atoms with Crippen LogP contribution in [0.25, 0.3) is 0 Å². The van der Waals surface area contributed by atoms with Crippen LogP contribution in [0.3, 0.4) is 0 Å². The molecule has 27 heavy (non-hydrogen) atoms. The Balaban J connectivity index is 0.00000261. The molecule has 0 saturated carbocycles. The fraction of sp³-hybridized carbons (Fsp3) is 0.556. The van der Waals surface area contributed by atoms with Gasteiger partial charge in [-0.25, -0.2) is 4.68 Å². The first kappa shape index (κ1) is 21.3. The Morgan fingerprint density at radius 2 is 1.96 bits per heavy atom. The van der Waals surface area contributed by atoms with Crippen molar-refractivity contribution < 1.29 is 9.53 Å². The van der Waals surface area contributed by atoms with Crippen LogP contribution in [0.2, 0.25) is 0 Å². The van der Waals surface area contributed by atoms with Gasteiger partial charge in [-0.1, -0.05) is 29.8 Å². The monoisotopic (exact) mass is 394 g/mol. The van der Waals surface area contributed by atoms with Crippen molar-refractivity contribution in [1.82, 2.24) is 25.1 Å². The second-order valence-electron chi connectivity index (χ2n) is 6.78. The predicted molar refractivity (Wildman–Crippen MR) is 103 cm³/mol. The van der Waals surface area contributed by atoms with Crippen molar-refractivity contribution in [2.45, 2.75) is 32.4 Å². The molecule has 8 nitrogen and oxygen atoms in total. The maximum absolute atomic E-state index is 11.5. The van der Waals surface area contributed by atoms with E-state index in [1.165, 1.54) is 5.56 Å². The standard InChI is InChI=1S/C18H26N6O2.ClH/c1-13-3-5-14(6-4-13)16(18-20-21-22-24(18)11-12-26-2)23-9-7-15(8-10-23)17(19)25;/h3-6,15-16H,7-12H2,1-2H3,(H2,19,25);1H. The first-order valence-corrected chi connectivity index (χ1v) is 8.95. The van der Waals surface area contributed by atoms with Crippen molar-refractivity contribution >= 4 is 18.3 Å². The number of hydrogen-bond acceptors (Lipinski definition) is 6. The Labute approximate surface area is 165 Å².